The molecule has 1 aliphatic heterocycles. The second-order valence-corrected chi connectivity index (χ2v) is 7.35. The molecule has 6 heteroatoms. The minimum atomic E-state index is -0.119. The van der Waals surface area contributed by atoms with E-state index in [1.54, 1.807) is 18.0 Å². The number of anilines is 1. The van der Waals surface area contributed by atoms with E-state index in [4.69, 9.17) is 0 Å². The molecule has 2 N–H and O–H groups in total. The molecule has 1 aromatic rings. The normalized spacial score (nSPS) is 15.3. The summed E-state index contributed by atoms with van der Waals surface area (Å²) >= 11 is 1.74. The molecule has 0 saturated carbocycles. The van der Waals surface area contributed by atoms with Gasteiger partial charge in [-0.3, -0.25) is 9.59 Å². The number of benzene rings is 1. The Hall–Kier alpha value is -1.53. The van der Waals surface area contributed by atoms with E-state index in [1.165, 1.54) is 0 Å². The lowest BCUT2D eigenvalue weighted by Gasteiger charge is -2.18. The Morgan fingerprint density at radius 1 is 1.38 bits per heavy atom. The Bertz CT molecular complexity index is 559. The number of rotatable bonds is 9. The molecule has 1 amide bonds. The largest absolute Gasteiger partial charge is 0.352 e. The zero-order valence-electron chi connectivity index (χ0n) is 14.5. The summed E-state index contributed by atoms with van der Waals surface area (Å²) < 4.78 is 2.15. The molecule has 2 rings (SSSR count). The second-order valence-electron chi connectivity index (χ2n) is 6.24. The van der Waals surface area contributed by atoms with Crippen LogP contribution in [0.3, 0.4) is 0 Å². The van der Waals surface area contributed by atoms with Gasteiger partial charge in [-0.15, -0.1) is 0 Å². The highest BCUT2D eigenvalue weighted by molar-refractivity contribution is 8.00. The lowest BCUT2D eigenvalue weighted by molar-refractivity contribution is 0.0948. The van der Waals surface area contributed by atoms with Gasteiger partial charge in [0.2, 0.25) is 0 Å². The van der Waals surface area contributed by atoms with Crippen LogP contribution in [-0.2, 0) is 0 Å². The molecule has 0 radical (unpaired) electrons. The zero-order valence-corrected chi connectivity index (χ0v) is 15.3. The van der Waals surface area contributed by atoms with Gasteiger partial charge >= 0.3 is 0 Å². The van der Waals surface area contributed by atoms with Crippen molar-refractivity contribution in [1.29, 1.82) is 0 Å². The fourth-order valence-corrected chi connectivity index (χ4v) is 3.59. The van der Waals surface area contributed by atoms with Crippen LogP contribution >= 0.6 is 11.9 Å². The van der Waals surface area contributed by atoms with Crippen LogP contribution in [-0.4, -0.2) is 44.1 Å². The Morgan fingerprint density at radius 3 is 2.88 bits per heavy atom. The van der Waals surface area contributed by atoms with Gasteiger partial charge in [-0.1, -0.05) is 13.8 Å². The highest BCUT2D eigenvalue weighted by atomic mass is 32.2. The molecule has 0 aliphatic carbocycles. The summed E-state index contributed by atoms with van der Waals surface area (Å²) in [5.41, 5.74) is 2.03. The van der Waals surface area contributed by atoms with Crippen molar-refractivity contribution >= 4 is 29.8 Å². The molecular formula is C18H27N3O2S. The summed E-state index contributed by atoms with van der Waals surface area (Å²) in [6.07, 6.45) is 3.03. The van der Waals surface area contributed by atoms with Gasteiger partial charge in [0.05, 0.1) is 0 Å². The maximum absolute atomic E-state index is 12.4. The Balaban J connectivity index is 1.97. The first kappa shape index (κ1) is 18.8. The molecule has 0 aromatic heterocycles. The monoisotopic (exact) mass is 349 g/mol. The van der Waals surface area contributed by atoms with E-state index >= 15 is 0 Å². The van der Waals surface area contributed by atoms with Crippen molar-refractivity contribution in [3.8, 4) is 0 Å². The molecule has 0 bridgehead atoms. The average Bonchev–Trinajstić information content (AvgIpc) is 3.14. The maximum atomic E-state index is 12.4. The van der Waals surface area contributed by atoms with Crippen LogP contribution in [0.1, 0.15) is 47.4 Å². The molecule has 1 saturated heterocycles. The minimum Gasteiger partial charge on any atom is -0.352 e. The SMILES string of the molecule is CCCNCC(C)CNC(=O)c1cc(C=O)cc(N2CCCS2)c1. The first-order chi connectivity index (χ1) is 11.6. The summed E-state index contributed by atoms with van der Waals surface area (Å²) in [5, 5.41) is 6.33. The number of amides is 1. The fraction of sp³-hybridized carbons (Fsp3) is 0.556. The highest BCUT2D eigenvalue weighted by Crippen LogP contribution is 2.29. The van der Waals surface area contributed by atoms with Crippen LogP contribution < -0.4 is 14.9 Å². The van der Waals surface area contributed by atoms with E-state index in [2.05, 4.69) is 28.8 Å². The van der Waals surface area contributed by atoms with Gasteiger partial charge in [-0.05, 0) is 62.0 Å². The van der Waals surface area contributed by atoms with E-state index in [1.807, 2.05) is 12.1 Å². The van der Waals surface area contributed by atoms with Crippen molar-refractivity contribution in [2.45, 2.75) is 26.7 Å². The van der Waals surface area contributed by atoms with Crippen LogP contribution in [0.5, 0.6) is 0 Å². The molecule has 5 nitrogen and oxygen atoms in total. The third kappa shape index (κ3) is 5.53. The van der Waals surface area contributed by atoms with Gasteiger partial charge in [0.1, 0.15) is 6.29 Å². The summed E-state index contributed by atoms with van der Waals surface area (Å²) in [7, 11) is 0. The van der Waals surface area contributed by atoms with E-state index in [0.29, 0.717) is 23.6 Å². The van der Waals surface area contributed by atoms with Gasteiger partial charge in [-0.2, -0.15) is 0 Å². The zero-order chi connectivity index (χ0) is 17.4. The lowest BCUT2D eigenvalue weighted by atomic mass is 10.1. The van der Waals surface area contributed by atoms with Crippen LogP contribution in [0.25, 0.3) is 0 Å². The highest BCUT2D eigenvalue weighted by Gasteiger charge is 2.17. The number of nitrogens with one attached hydrogen (secondary N) is 2. The van der Waals surface area contributed by atoms with Crippen LogP contribution in [0.4, 0.5) is 5.69 Å². The molecule has 1 aromatic carbocycles. The van der Waals surface area contributed by atoms with Crippen molar-refractivity contribution in [3.05, 3.63) is 29.3 Å². The topological polar surface area (TPSA) is 61.4 Å². The minimum absolute atomic E-state index is 0.119. The van der Waals surface area contributed by atoms with Crippen molar-refractivity contribution in [1.82, 2.24) is 10.6 Å². The third-order valence-corrected chi connectivity index (χ3v) is 5.09. The van der Waals surface area contributed by atoms with E-state index in [9.17, 15) is 9.59 Å². The predicted octanol–water partition coefficient (Wildman–Crippen LogP) is 2.72. The van der Waals surface area contributed by atoms with E-state index in [-0.39, 0.29) is 5.91 Å². The number of carbonyl (C=O) groups excluding carboxylic acids is 2. The Labute approximate surface area is 148 Å². The van der Waals surface area contributed by atoms with Gasteiger partial charge in [0.25, 0.3) is 5.91 Å². The molecule has 0 spiro atoms. The summed E-state index contributed by atoms with van der Waals surface area (Å²) in [6.45, 7) is 7.70. The van der Waals surface area contributed by atoms with Gasteiger partial charge < -0.3 is 14.9 Å². The van der Waals surface area contributed by atoms with Crippen molar-refractivity contribution < 1.29 is 9.59 Å². The van der Waals surface area contributed by atoms with Gasteiger partial charge in [-0.25, -0.2) is 0 Å². The number of nitrogens with zero attached hydrogens (tertiary/aromatic N) is 1. The quantitative estimate of drug-likeness (QED) is 0.408. The number of carbonyl (C=O) groups is 2. The summed E-state index contributed by atoms with van der Waals surface area (Å²) in [5.74, 6) is 1.32. The lowest BCUT2D eigenvalue weighted by Crippen LogP contribution is -2.33. The van der Waals surface area contributed by atoms with E-state index < -0.39 is 0 Å². The maximum Gasteiger partial charge on any atom is 0.251 e. The first-order valence-corrected chi connectivity index (χ1v) is 9.58. The smallest absolute Gasteiger partial charge is 0.251 e. The molecule has 132 valence electrons. The standard InChI is InChI=1S/C18H27N3O2S/c1-3-5-19-11-14(2)12-20-18(23)16-8-15(13-22)9-17(10-16)21-6-4-7-24-21/h8-10,13-14,19H,3-7,11-12H2,1-2H3,(H,20,23). The first-order valence-electron chi connectivity index (χ1n) is 8.63. The van der Waals surface area contributed by atoms with Crippen LogP contribution in [0.2, 0.25) is 0 Å². The van der Waals surface area contributed by atoms with Crippen LogP contribution in [0.15, 0.2) is 18.2 Å². The fourth-order valence-electron chi connectivity index (χ4n) is 2.60. The Kier molecular flexibility index (Phi) is 7.59. The Morgan fingerprint density at radius 2 is 2.21 bits per heavy atom. The van der Waals surface area contributed by atoms with Crippen molar-refractivity contribution in [2.75, 3.05) is 36.2 Å². The summed E-state index contributed by atoms with van der Waals surface area (Å²) in [6, 6.07) is 5.38. The molecule has 1 unspecified atom stereocenters. The second kappa shape index (κ2) is 9.69. The molecular weight excluding hydrogens is 322 g/mol. The number of hydrogen-bond donors (Lipinski definition) is 2. The molecule has 1 heterocycles. The average molecular weight is 350 g/mol. The van der Waals surface area contributed by atoms with Crippen molar-refractivity contribution in [3.63, 3.8) is 0 Å². The molecule has 1 atom stereocenters. The number of hydrogen-bond acceptors (Lipinski definition) is 5. The van der Waals surface area contributed by atoms with Crippen molar-refractivity contribution in [2.24, 2.45) is 5.92 Å². The number of aldehydes is 1. The predicted molar refractivity (Wildman–Crippen MR) is 101 cm³/mol. The molecule has 1 aliphatic rings. The van der Waals surface area contributed by atoms with E-state index in [0.717, 1.165) is 50.2 Å². The molecule has 1 fully saturated rings. The van der Waals surface area contributed by atoms with Gasteiger partial charge in [0.15, 0.2) is 0 Å². The summed E-state index contributed by atoms with van der Waals surface area (Å²) in [4.78, 5) is 23.6. The molecule has 24 heavy (non-hydrogen) atoms. The van der Waals surface area contributed by atoms with Crippen LogP contribution in [0, 0.1) is 5.92 Å². The third-order valence-electron chi connectivity index (χ3n) is 3.91. The van der Waals surface area contributed by atoms with Gasteiger partial charge in [0, 0.05) is 35.7 Å².